The molecule has 3 rings (SSSR count). The Bertz CT molecular complexity index is 451. The maximum atomic E-state index is 9.40. The summed E-state index contributed by atoms with van der Waals surface area (Å²) < 4.78 is 11.7. The number of aliphatic hydroxyl groups is 1. The van der Waals surface area contributed by atoms with E-state index >= 15 is 0 Å². The van der Waals surface area contributed by atoms with Crippen molar-refractivity contribution in [1.82, 2.24) is 4.90 Å². The summed E-state index contributed by atoms with van der Waals surface area (Å²) in [5.74, 6) is 1.67. The third-order valence-electron chi connectivity index (χ3n) is 4.05. The van der Waals surface area contributed by atoms with Gasteiger partial charge in [-0.2, -0.15) is 0 Å². The fraction of sp³-hybridized carbons (Fsp3) is 0.600. The topological polar surface area (TPSA) is 41.9 Å². The molecule has 4 heteroatoms. The number of fused-ring (bicyclic) bond motifs is 1. The van der Waals surface area contributed by atoms with Crippen molar-refractivity contribution in [2.75, 3.05) is 32.8 Å². The van der Waals surface area contributed by atoms with Gasteiger partial charge in [0, 0.05) is 25.1 Å². The molecule has 2 heterocycles. The van der Waals surface area contributed by atoms with Crippen LogP contribution in [0.2, 0.25) is 0 Å². The molecule has 0 amide bonds. The number of rotatable bonds is 3. The van der Waals surface area contributed by atoms with Crippen LogP contribution in [0.5, 0.6) is 11.5 Å². The van der Waals surface area contributed by atoms with Gasteiger partial charge >= 0.3 is 0 Å². The molecule has 1 fully saturated rings. The van der Waals surface area contributed by atoms with E-state index in [0.717, 1.165) is 37.6 Å². The second-order valence-electron chi connectivity index (χ2n) is 5.95. The lowest BCUT2D eigenvalue weighted by atomic mass is 9.91. The largest absolute Gasteiger partial charge is 0.486 e. The quantitative estimate of drug-likeness (QED) is 0.898. The van der Waals surface area contributed by atoms with Crippen molar-refractivity contribution in [3.05, 3.63) is 24.3 Å². The van der Waals surface area contributed by atoms with Crippen LogP contribution >= 0.6 is 0 Å². The number of benzene rings is 1. The Morgan fingerprint density at radius 2 is 2.16 bits per heavy atom. The van der Waals surface area contributed by atoms with Crippen LogP contribution in [0, 0.1) is 5.41 Å². The van der Waals surface area contributed by atoms with Gasteiger partial charge in [0.25, 0.3) is 0 Å². The van der Waals surface area contributed by atoms with Crippen LogP contribution in [-0.2, 0) is 0 Å². The Morgan fingerprint density at radius 1 is 1.37 bits per heavy atom. The van der Waals surface area contributed by atoms with Crippen LogP contribution in [0.1, 0.15) is 13.3 Å². The van der Waals surface area contributed by atoms with Crippen molar-refractivity contribution in [3.63, 3.8) is 0 Å². The van der Waals surface area contributed by atoms with Gasteiger partial charge in [-0.3, -0.25) is 4.90 Å². The minimum atomic E-state index is 0.0490. The maximum Gasteiger partial charge on any atom is 0.161 e. The van der Waals surface area contributed by atoms with Crippen LogP contribution in [0.25, 0.3) is 0 Å². The number of nitrogens with zero attached hydrogens (tertiary/aromatic N) is 1. The predicted octanol–water partition coefficient (Wildman–Crippen LogP) is 1.53. The average Bonchev–Trinajstić information content (AvgIpc) is 2.81. The van der Waals surface area contributed by atoms with Crippen LogP contribution in [-0.4, -0.2) is 49.0 Å². The Kier molecular flexibility index (Phi) is 3.37. The summed E-state index contributed by atoms with van der Waals surface area (Å²) in [6, 6.07) is 7.80. The monoisotopic (exact) mass is 263 g/mol. The molecule has 1 saturated heterocycles. The van der Waals surface area contributed by atoms with Gasteiger partial charge in [0.05, 0.1) is 0 Å². The van der Waals surface area contributed by atoms with Crippen molar-refractivity contribution >= 4 is 0 Å². The van der Waals surface area contributed by atoms with Crippen molar-refractivity contribution in [3.8, 4) is 11.5 Å². The maximum absolute atomic E-state index is 9.40. The molecule has 2 aliphatic rings. The van der Waals surface area contributed by atoms with E-state index < -0.39 is 0 Å². The number of hydrogen-bond acceptors (Lipinski definition) is 4. The molecule has 104 valence electrons. The Labute approximate surface area is 113 Å². The zero-order valence-corrected chi connectivity index (χ0v) is 11.3. The first-order valence-electron chi connectivity index (χ1n) is 6.90. The number of aliphatic hydroxyl groups excluding tert-OH is 1. The molecule has 19 heavy (non-hydrogen) atoms. The molecule has 0 spiro atoms. The Balaban J connectivity index is 1.58. The first kappa shape index (κ1) is 12.8. The number of likely N-dealkylation sites (tertiary alicyclic amines) is 1. The fourth-order valence-electron chi connectivity index (χ4n) is 2.85. The van der Waals surface area contributed by atoms with Crippen molar-refractivity contribution in [2.24, 2.45) is 5.41 Å². The molecule has 1 aromatic rings. The molecule has 0 saturated carbocycles. The summed E-state index contributed by atoms with van der Waals surface area (Å²) in [6.07, 6.45) is 1.13. The summed E-state index contributed by atoms with van der Waals surface area (Å²) in [7, 11) is 0. The third-order valence-corrected chi connectivity index (χ3v) is 4.05. The summed E-state index contributed by atoms with van der Waals surface area (Å²) >= 11 is 0. The lowest BCUT2D eigenvalue weighted by Crippen LogP contribution is -2.41. The van der Waals surface area contributed by atoms with E-state index in [1.807, 2.05) is 24.3 Å². The molecule has 4 nitrogen and oxygen atoms in total. The van der Waals surface area contributed by atoms with E-state index in [2.05, 4.69) is 11.8 Å². The van der Waals surface area contributed by atoms with E-state index in [9.17, 15) is 5.11 Å². The van der Waals surface area contributed by atoms with Gasteiger partial charge in [-0.25, -0.2) is 0 Å². The van der Waals surface area contributed by atoms with Crippen molar-refractivity contribution < 1.29 is 14.6 Å². The van der Waals surface area contributed by atoms with Crippen LogP contribution in [0.3, 0.4) is 0 Å². The standard InChI is InChI=1S/C15H21NO3/c1-15(11-17)6-7-16(10-15)8-12-9-18-13-4-2-3-5-14(13)19-12/h2-5,12,17H,6-11H2,1H3. The van der Waals surface area contributed by atoms with Gasteiger partial charge in [0.1, 0.15) is 12.7 Å². The van der Waals surface area contributed by atoms with Gasteiger partial charge in [0.2, 0.25) is 0 Å². The molecule has 1 aromatic carbocycles. The Morgan fingerprint density at radius 3 is 2.89 bits per heavy atom. The highest BCUT2D eigenvalue weighted by atomic mass is 16.6. The minimum Gasteiger partial charge on any atom is -0.486 e. The highest BCUT2D eigenvalue weighted by molar-refractivity contribution is 5.40. The van der Waals surface area contributed by atoms with Gasteiger partial charge in [0.15, 0.2) is 11.5 Å². The Hall–Kier alpha value is -1.26. The second kappa shape index (κ2) is 5.02. The molecule has 2 aliphatic heterocycles. The van der Waals surface area contributed by atoms with Gasteiger partial charge < -0.3 is 14.6 Å². The van der Waals surface area contributed by atoms with Crippen LogP contribution in [0.15, 0.2) is 24.3 Å². The normalized spacial score (nSPS) is 30.5. The summed E-state index contributed by atoms with van der Waals surface area (Å²) in [4.78, 5) is 2.36. The fourth-order valence-corrected chi connectivity index (χ4v) is 2.85. The first-order chi connectivity index (χ1) is 9.18. The molecule has 0 bridgehead atoms. The first-order valence-corrected chi connectivity index (χ1v) is 6.90. The smallest absolute Gasteiger partial charge is 0.161 e. The lowest BCUT2D eigenvalue weighted by molar-refractivity contribution is 0.0591. The summed E-state index contributed by atoms with van der Waals surface area (Å²) in [5.41, 5.74) is 0.0490. The van der Waals surface area contributed by atoms with Crippen molar-refractivity contribution in [2.45, 2.75) is 19.4 Å². The highest BCUT2D eigenvalue weighted by Crippen LogP contribution is 2.33. The van der Waals surface area contributed by atoms with E-state index in [0.29, 0.717) is 6.61 Å². The van der Waals surface area contributed by atoms with E-state index in [1.54, 1.807) is 0 Å². The average molecular weight is 263 g/mol. The van der Waals surface area contributed by atoms with Gasteiger partial charge in [-0.1, -0.05) is 19.1 Å². The van der Waals surface area contributed by atoms with E-state index in [4.69, 9.17) is 9.47 Å². The molecule has 0 radical (unpaired) electrons. The second-order valence-corrected chi connectivity index (χ2v) is 5.95. The van der Waals surface area contributed by atoms with E-state index in [1.165, 1.54) is 0 Å². The van der Waals surface area contributed by atoms with Crippen LogP contribution in [0.4, 0.5) is 0 Å². The highest BCUT2D eigenvalue weighted by Gasteiger charge is 2.35. The van der Waals surface area contributed by atoms with Crippen molar-refractivity contribution in [1.29, 1.82) is 0 Å². The number of ether oxygens (including phenoxy) is 2. The van der Waals surface area contributed by atoms with Crippen LogP contribution < -0.4 is 9.47 Å². The molecule has 1 N–H and O–H groups in total. The SMILES string of the molecule is CC1(CO)CCN(CC2COc3ccccc3O2)C1. The number of hydrogen-bond donors (Lipinski definition) is 1. The molecule has 0 aliphatic carbocycles. The summed E-state index contributed by atoms with van der Waals surface area (Å²) in [5, 5.41) is 9.40. The molecular weight excluding hydrogens is 242 g/mol. The third kappa shape index (κ3) is 2.69. The predicted molar refractivity (Wildman–Crippen MR) is 72.6 cm³/mol. The lowest BCUT2D eigenvalue weighted by Gasteiger charge is -2.30. The molecular formula is C15H21NO3. The molecule has 2 unspecified atom stereocenters. The molecule has 0 aromatic heterocycles. The van der Waals surface area contributed by atoms with E-state index in [-0.39, 0.29) is 18.1 Å². The van der Waals surface area contributed by atoms with Gasteiger partial charge in [-0.15, -0.1) is 0 Å². The number of para-hydroxylation sites is 2. The zero-order chi connectivity index (χ0) is 13.3. The van der Waals surface area contributed by atoms with Gasteiger partial charge in [-0.05, 0) is 25.1 Å². The minimum absolute atomic E-state index is 0.0490. The summed E-state index contributed by atoms with van der Waals surface area (Å²) in [6.45, 7) is 5.83. The molecule has 2 atom stereocenters. The zero-order valence-electron chi connectivity index (χ0n) is 11.3.